The van der Waals surface area contributed by atoms with Crippen molar-refractivity contribution in [3.05, 3.63) is 74.6 Å². The molecule has 2 heterocycles. The summed E-state index contributed by atoms with van der Waals surface area (Å²) in [5.74, 6) is 0.972. The summed E-state index contributed by atoms with van der Waals surface area (Å²) in [6, 6.07) is 11.8. The molecule has 0 bridgehead atoms. The van der Waals surface area contributed by atoms with Crippen molar-refractivity contribution < 1.29 is 14.2 Å². The van der Waals surface area contributed by atoms with Gasteiger partial charge in [0.15, 0.2) is 0 Å². The van der Waals surface area contributed by atoms with Crippen LogP contribution < -0.4 is 0 Å². The Labute approximate surface area is 177 Å². The summed E-state index contributed by atoms with van der Waals surface area (Å²) in [7, 11) is 0. The Hall–Kier alpha value is -3.26. The SMILES string of the molecule is Cc1ccc(-c2noc(C3CCN(C(=O)c4ccc([N+](=O)[O-])cc4Cl)CC3)n2)cc1. The third-order valence-corrected chi connectivity index (χ3v) is 5.59. The Morgan fingerprint density at radius 1 is 1.20 bits per heavy atom. The quantitative estimate of drug-likeness (QED) is 0.445. The van der Waals surface area contributed by atoms with Crippen LogP contribution in [0.15, 0.2) is 47.0 Å². The predicted octanol–water partition coefficient (Wildman–Crippen LogP) is 4.63. The van der Waals surface area contributed by atoms with Crippen LogP contribution in [-0.2, 0) is 0 Å². The highest BCUT2D eigenvalue weighted by molar-refractivity contribution is 6.34. The molecule has 0 unspecified atom stereocenters. The van der Waals surface area contributed by atoms with Crippen molar-refractivity contribution in [2.24, 2.45) is 0 Å². The molecule has 1 amide bonds. The van der Waals surface area contributed by atoms with Crippen LogP contribution in [0.2, 0.25) is 5.02 Å². The molecular formula is C21H19ClN4O4. The molecule has 8 nitrogen and oxygen atoms in total. The number of benzene rings is 2. The molecule has 0 aliphatic carbocycles. The zero-order valence-electron chi connectivity index (χ0n) is 16.2. The van der Waals surface area contributed by atoms with E-state index in [4.69, 9.17) is 16.1 Å². The van der Waals surface area contributed by atoms with E-state index in [0.29, 0.717) is 37.6 Å². The van der Waals surface area contributed by atoms with Gasteiger partial charge in [-0.1, -0.05) is 46.6 Å². The number of non-ortho nitro benzene ring substituents is 1. The number of nitrogens with zero attached hydrogens (tertiary/aromatic N) is 4. The van der Waals surface area contributed by atoms with Crippen LogP contribution in [0.3, 0.4) is 0 Å². The molecule has 0 spiro atoms. The summed E-state index contributed by atoms with van der Waals surface area (Å²) < 4.78 is 5.47. The molecule has 9 heteroatoms. The van der Waals surface area contributed by atoms with Crippen LogP contribution in [0, 0.1) is 17.0 Å². The number of carbonyl (C=O) groups excluding carboxylic acids is 1. The number of likely N-dealkylation sites (tertiary alicyclic amines) is 1. The second kappa shape index (κ2) is 8.23. The van der Waals surface area contributed by atoms with Crippen LogP contribution in [0.25, 0.3) is 11.4 Å². The van der Waals surface area contributed by atoms with Gasteiger partial charge in [-0.25, -0.2) is 0 Å². The molecule has 1 saturated heterocycles. The summed E-state index contributed by atoms with van der Waals surface area (Å²) >= 11 is 6.10. The minimum atomic E-state index is -0.541. The Morgan fingerprint density at radius 2 is 1.90 bits per heavy atom. The summed E-state index contributed by atoms with van der Waals surface area (Å²) in [5.41, 5.74) is 2.18. The van der Waals surface area contributed by atoms with E-state index in [-0.39, 0.29) is 28.1 Å². The van der Waals surface area contributed by atoms with Crippen LogP contribution in [0.5, 0.6) is 0 Å². The number of nitro benzene ring substituents is 1. The number of amides is 1. The van der Waals surface area contributed by atoms with Gasteiger partial charge in [0.2, 0.25) is 11.7 Å². The van der Waals surface area contributed by atoms with Crippen molar-refractivity contribution >= 4 is 23.2 Å². The van der Waals surface area contributed by atoms with Crippen molar-refractivity contribution in [1.29, 1.82) is 0 Å². The third kappa shape index (κ3) is 4.04. The highest BCUT2D eigenvalue weighted by Gasteiger charge is 2.29. The van der Waals surface area contributed by atoms with Crippen molar-refractivity contribution in [1.82, 2.24) is 15.0 Å². The number of rotatable bonds is 4. The van der Waals surface area contributed by atoms with Crippen molar-refractivity contribution in [2.75, 3.05) is 13.1 Å². The van der Waals surface area contributed by atoms with Crippen LogP contribution in [0.1, 0.15) is 40.6 Å². The number of carbonyl (C=O) groups is 1. The maximum atomic E-state index is 12.8. The number of hydrogen-bond acceptors (Lipinski definition) is 6. The average Bonchev–Trinajstić information content (AvgIpc) is 3.24. The fourth-order valence-corrected chi connectivity index (χ4v) is 3.77. The minimum absolute atomic E-state index is 0.0769. The number of nitro groups is 1. The molecule has 0 atom stereocenters. The first kappa shape index (κ1) is 20.0. The third-order valence-electron chi connectivity index (χ3n) is 5.28. The maximum Gasteiger partial charge on any atom is 0.270 e. The number of hydrogen-bond donors (Lipinski definition) is 0. The van der Waals surface area contributed by atoms with E-state index in [1.54, 1.807) is 4.90 Å². The lowest BCUT2D eigenvalue weighted by molar-refractivity contribution is -0.384. The van der Waals surface area contributed by atoms with Crippen molar-refractivity contribution in [3.8, 4) is 11.4 Å². The van der Waals surface area contributed by atoms with E-state index in [1.807, 2.05) is 31.2 Å². The zero-order valence-corrected chi connectivity index (χ0v) is 17.0. The van der Waals surface area contributed by atoms with Gasteiger partial charge in [0.05, 0.1) is 15.5 Å². The first-order valence-corrected chi connectivity index (χ1v) is 9.94. The first-order chi connectivity index (χ1) is 14.4. The van der Waals surface area contributed by atoms with Gasteiger partial charge in [0.1, 0.15) is 0 Å². The molecule has 1 aliphatic rings. The predicted molar refractivity (Wildman–Crippen MR) is 110 cm³/mol. The van der Waals surface area contributed by atoms with E-state index in [9.17, 15) is 14.9 Å². The van der Waals surface area contributed by atoms with E-state index >= 15 is 0 Å². The van der Waals surface area contributed by atoms with Gasteiger partial charge in [0, 0.05) is 36.7 Å². The van der Waals surface area contributed by atoms with Gasteiger partial charge in [-0.3, -0.25) is 14.9 Å². The molecule has 154 valence electrons. The monoisotopic (exact) mass is 426 g/mol. The average molecular weight is 427 g/mol. The molecule has 1 aliphatic heterocycles. The molecule has 4 rings (SSSR count). The van der Waals surface area contributed by atoms with Crippen molar-refractivity contribution in [2.45, 2.75) is 25.7 Å². The van der Waals surface area contributed by atoms with E-state index < -0.39 is 4.92 Å². The standard InChI is InChI=1S/C21H19ClN4O4/c1-13-2-4-14(5-3-13)19-23-20(30-24-19)15-8-10-25(11-9-15)21(27)17-7-6-16(26(28)29)12-18(17)22/h2-7,12,15H,8-11H2,1H3. The van der Waals surface area contributed by atoms with E-state index in [1.165, 1.54) is 18.2 Å². The fourth-order valence-electron chi connectivity index (χ4n) is 3.51. The Morgan fingerprint density at radius 3 is 2.53 bits per heavy atom. The number of piperidine rings is 1. The topological polar surface area (TPSA) is 102 Å². The second-order valence-electron chi connectivity index (χ2n) is 7.31. The highest BCUT2D eigenvalue weighted by atomic mass is 35.5. The molecule has 2 aromatic carbocycles. The molecule has 0 N–H and O–H groups in total. The molecule has 30 heavy (non-hydrogen) atoms. The molecule has 1 aromatic heterocycles. The summed E-state index contributed by atoms with van der Waals surface area (Å²) in [5, 5.41) is 15.0. The van der Waals surface area contributed by atoms with Gasteiger partial charge < -0.3 is 9.42 Å². The van der Waals surface area contributed by atoms with Gasteiger partial charge in [0.25, 0.3) is 11.6 Å². The molecular weight excluding hydrogens is 408 g/mol. The van der Waals surface area contributed by atoms with Crippen LogP contribution in [-0.4, -0.2) is 39.0 Å². The summed E-state index contributed by atoms with van der Waals surface area (Å²) in [6.07, 6.45) is 1.37. The second-order valence-corrected chi connectivity index (χ2v) is 7.72. The Bertz CT molecular complexity index is 1090. The van der Waals surface area contributed by atoms with Gasteiger partial charge >= 0.3 is 0 Å². The summed E-state index contributed by atoms with van der Waals surface area (Å²) in [6.45, 7) is 3.04. The normalized spacial score (nSPS) is 14.7. The van der Waals surface area contributed by atoms with E-state index in [2.05, 4.69) is 10.1 Å². The number of halogens is 1. The smallest absolute Gasteiger partial charge is 0.270 e. The van der Waals surface area contributed by atoms with Crippen LogP contribution >= 0.6 is 11.6 Å². The molecule has 1 fully saturated rings. The van der Waals surface area contributed by atoms with E-state index in [0.717, 1.165) is 11.1 Å². The van der Waals surface area contributed by atoms with Gasteiger partial charge in [-0.15, -0.1) is 0 Å². The summed E-state index contributed by atoms with van der Waals surface area (Å²) in [4.78, 5) is 29.3. The first-order valence-electron chi connectivity index (χ1n) is 9.56. The lowest BCUT2D eigenvalue weighted by Crippen LogP contribution is -2.38. The van der Waals surface area contributed by atoms with Crippen molar-refractivity contribution in [3.63, 3.8) is 0 Å². The van der Waals surface area contributed by atoms with Gasteiger partial charge in [-0.05, 0) is 25.8 Å². The fraction of sp³-hybridized carbons (Fsp3) is 0.286. The molecule has 3 aromatic rings. The van der Waals surface area contributed by atoms with Crippen LogP contribution in [0.4, 0.5) is 5.69 Å². The Kier molecular flexibility index (Phi) is 5.50. The maximum absolute atomic E-state index is 12.8. The number of aromatic nitrogens is 2. The molecule has 0 radical (unpaired) electrons. The number of aryl methyl sites for hydroxylation is 1. The highest BCUT2D eigenvalue weighted by Crippen LogP contribution is 2.30. The van der Waals surface area contributed by atoms with Gasteiger partial charge in [-0.2, -0.15) is 4.98 Å². The zero-order chi connectivity index (χ0) is 21.3. The molecule has 0 saturated carbocycles. The Balaban J connectivity index is 1.41. The minimum Gasteiger partial charge on any atom is -0.339 e. The lowest BCUT2D eigenvalue weighted by atomic mass is 9.96. The lowest BCUT2D eigenvalue weighted by Gasteiger charge is -2.30. The largest absolute Gasteiger partial charge is 0.339 e.